The summed E-state index contributed by atoms with van der Waals surface area (Å²) in [5.74, 6) is 1.47. The topological polar surface area (TPSA) is 27.7 Å². The third-order valence-corrected chi connectivity index (χ3v) is 4.59. The predicted octanol–water partition coefficient (Wildman–Crippen LogP) is 6.74. The molecule has 0 saturated carbocycles. The smallest absolute Gasteiger partial charge is 0.0488 e. The minimum Gasteiger partial charge on any atom is -0.381 e. The quantitative estimate of drug-likeness (QED) is 0.275. The van der Waals surface area contributed by atoms with Crippen molar-refractivity contribution >= 4 is 0 Å². The predicted molar refractivity (Wildman–Crippen MR) is 117 cm³/mol. The average Bonchev–Trinajstić information content (AvgIpc) is 2.48. The van der Waals surface area contributed by atoms with Gasteiger partial charge in [0.1, 0.15) is 0 Å². The van der Waals surface area contributed by atoms with E-state index in [4.69, 9.17) is 14.2 Å². The van der Waals surface area contributed by atoms with E-state index in [1.807, 2.05) is 0 Å². The van der Waals surface area contributed by atoms with E-state index in [1.54, 1.807) is 0 Å². The van der Waals surface area contributed by atoms with Gasteiger partial charge in [-0.15, -0.1) is 0 Å². The maximum Gasteiger partial charge on any atom is 0.0488 e. The Bertz CT molecular complexity index is 295. The Labute approximate surface area is 170 Å². The van der Waals surface area contributed by atoms with Crippen LogP contribution in [0.1, 0.15) is 93.9 Å². The van der Waals surface area contributed by atoms with E-state index < -0.39 is 0 Å². The monoisotopic (exact) mass is 386 g/mol. The van der Waals surface area contributed by atoms with Crippen molar-refractivity contribution in [3.8, 4) is 0 Å². The molecule has 27 heavy (non-hydrogen) atoms. The highest BCUT2D eigenvalue weighted by atomic mass is 16.5. The maximum absolute atomic E-state index is 5.73. The molecule has 3 nitrogen and oxygen atoms in total. The normalized spacial score (nSPS) is 15.1. The van der Waals surface area contributed by atoms with Crippen LogP contribution in [0.15, 0.2) is 0 Å². The molecule has 2 unspecified atom stereocenters. The van der Waals surface area contributed by atoms with E-state index in [0.29, 0.717) is 10.8 Å². The molecule has 0 heterocycles. The van der Waals surface area contributed by atoms with Crippen LogP contribution in [0, 0.1) is 22.7 Å². The number of hydrogen-bond acceptors (Lipinski definition) is 3. The molecule has 3 heteroatoms. The van der Waals surface area contributed by atoms with Crippen LogP contribution in [0.4, 0.5) is 0 Å². The molecule has 0 rings (SSSR count). The third-order valence-electron chi connectivity index (χ3n) is 4.59. The van der Waals surface area contributed by atoms with Crippen LogP contribution in [-0.2, 0) is 14.2 Å². The SMILES string of the molecule is CC(CCOCCCOCCCOCCC(C)CC(C)(C)C)CC(C)(C)C. The summed E-state index contributed by atoms with van der Waals surface area (Å²) in [5, 5.41) is 0. The molecule has 0 spiro atoms. The molecule has 0 aromatic rings. The Morgan fingerprint density at radius 1 is 0.519 bits per heavy atom. The van der Waals surface area contributed by atoms with Gasteiger partial charge in [0.25, 0.3) is 0 Å². The zero-order valence-electron chi connectivity index (χ0n) is 19.9. The van der Waals surface area contributed by atoms with Gasteiger partial charge in [-0.1, -0.05) is 55.4 Å². The van der Waals surface area contributed by atoms with Gasteiger partial charge in [0, 0.05) is 39.6 Å². The molecule has 0 amide bonds. The highest BCUT2D eigenvalue weighted by Crippen LogP contribution is 2.26. The number of hydrogen-bond donors (Lipinski definition) is 0. The van der Waals surface area contributed by atoms with Crippen LogP contribution in [0.2, 0.25) is 0 Å². The van der Waals surface area contributed by atoms with Gasteiger partial charge in [0.05, 0.1) is 0 Å². The summed E-state index contributed by atoms with van der Waals surface area (Å²) in [5.41, 5.74) is 0.837. The molecule has 0 saturated heterocycles. The highest BCUT2D eigenvalue weighted by Gasteiger charge is 2.15. The first kappa shape index (κ1) is 26.9. The molecule has 0 aliphatic carbocycles. The summed E-state index contributed by atoms with van der Waals surface area (Å²) < 4.78 is 17.1. The maximum atomic E-state index is 5.73. The molecule has 0 fully saturated rings. The summed E-state index contributed by atoms with van der Waals surface area (Å²) in [6, 6.07) is 0. The standard InChI is InChI=1S/C24H50O3/c1-21(19-23(3,4)5)11-17-26-15-9-13-25-14-10-16-27-18-12-22(2)20-24(6,7)8/h21-22H,9-20H2,1-8H3. The molecule has 0 N–H and O–H groups in total. The van der Waals surface area contributed by atoms with Crippen LogP contribution in [-0.4, -0.2) is 39.6 Å². The van der Waals surface area contributed by atoms with Gasteiger partial charge in [-0.05, 0) is 61.2 Å². The number of rotatable bonds is 16. The van der Waals surface area contributed by atoms with Crippen molar-refractivity contribution in [2.75, 3.05) is 39.6 Å². The number of ether oxygens (including phenoxy) is 3. The molecule has 0 aliphatic heterocycles. The minimum atomic E-state index is 0.418. The molecule has 0 bridgehead atoms. The van der Waals surface area contributed by atoms with Crippen molar-refractivity contribution in [1.29, 1.82) is 0 Å². The summed E-state index contributed by atoms with van der Waals surface area (Å²) in [7, 11) is 0. The van der Waals surface area contributed by atoms with Crippen LogP contribution >= 0.6 is 0 Å². The van der Waals surface area contributed by atoms with Gasteiger partial charge in [0.2, 0.25) is 0 Å². The first-order valence-corrected chi connectivity index (χ1v) is 11.2. The summed E-state index contributed by atoms with van der Waals surface area (Å²) in [6.45, 7) is 23.4. The second kappa shape index (κ2) is 14.8. The zero-order valence-corrected chi connectivity index (χ0v) is 19.9. The average molecular weight is 387 g/mol. The van der Waals surface area contributed by atoms with Crippen molar-refractivity contribution < 1.29 is 14.2 Å². The Balaban J connectivity index is 3.28. The summed E-state index contributed by atoms with van der Waals surface area (Å²) in [4.78, 5) is 0. The molecular weight excluding hydrogens is 336 g/mol. The zero-order chi connectivity index (χ0) is 20.8. The van der Waals surface area contributed by atoms with E-state index in [1.165, 1.54) is 12.8 Å². The van der Waals surface area contributed by atoms with Crippen LogP contribution in [0.5, 0.6) is 0 Å². The molecule has 0 radical (unpaired) electrons. The van der Waals surface area contributed by atoms with Gasteiger partial charge in [-0.2, -0.15) is 0 Å². The van der Waals surface area contributed by atoms with Crippen molar-refractivity contribution in [2.45, 2.75) is 93.9 Å². The molecule has 2 atom stereocenters. The first-order chi connectivity index (χ1) is 12.5. The van der Waals surface area contributed by atoms with E-state index in [-0.39, 0.29) is 0 Å². The Hall–Kier alpha value is -0.120. The minimum absolute atomic E-state index is 0.418. The Morgan fingerprint density at radius 3 is 1.11 bits per heavy atom. The van der Waals surface area contributed by atoms with E-state index in [0.717, 1.165) is 77.2 Å². The molecule has 0 aliphatic rings. The van der Waals surface area contributed by atoms with Crippen molar-refractivity contribution in [3.63, 3.8) is 0 Å². The lowest BCUT2D eigenvalue weighted by atomic mass is 9.84. The van der Waals surface area contributed by atoms with Gasteiger partial charge < -0.3 is 14.2 Å². The van der Waals surface area contributed by atoms with Crippen molar-refractivity contribution in [3.05, 3.63) is 0 Å². The van der Waals surface area contributed by atoms with Gasteiger partial charge in [-0.3, -0.25) is 0 Å². The van der Waals surface area contributed by atoms with Crippen molar-refractivity contribution in [2.24, 2.45) is 22.7 Å². The largest absolute Gasteiger partial charge is 0.381 e. The fourth-order valence-electron chi connectivity index (χ4n) is 3.70. The first-order valence-electron chi connectivity index (χ1n) is 11.2. The van der Waals surface area contributed by atoms with Gasteiger partial charge in [-0.25, -0.2) is 0 Å². The highest BCUT2D eigenvalue weighted by molar-refractivity contribution is 4.66. The Kier molecular flexibility index (Phi) is 14.8. The van der Waals surface area contributed by atoms with E-state index in [9.17, 15) is 0 Å². The van der Waals surface area contributed by atoms with Crippen LogP contribution in [0.25, 0.3) is 0 Å². The lowest BCUT2D eigenvalue weighted by Gasteiger charge is -2.23. The lowest BCUT2D eigenvalue weighted by Crippen LogP contribution is -2.13. The van der Waals surface area contributed by atoms with Gasteiger partial charge in [0.15, 0.2) is 0 Å². The van der Waals surface area contributed by atoms with Crippen molar-refractivity contribution in [1.82, 2.24) is 0 Å². The Morgan fingerprint density at radius 2 is 0.815 bits per heavy atom. The van der Waals surface area contributed by atoms with E-state index >= 15 is 0 Å². The second-order valence-electron chi connectivity index (χ2n) is 10.9. The molecule has 164 valence electrons. The second-order valence-corrected chi connectivity index (χ2v) is 10.9. The van der Waals surface area contributed by atoms with Crippen LogP contribution in [0.3, 0.4) is 0 Å². The molecule has 0 aromatic carbocycles. The van der Waals surface area contributed by atoms with Gasteiger partial charge >= 0.3 is 0 Å². The van der Waals surface area contributed by atoms with Crippen LogP contribution < -0.4 is 0 Å². The summed E-state index contributed by atoms with van der Waals surface area (Å²) >= 11 is 0. The fraction of sp³-hybridized carbons (Fsp3) is 1.00. The lowest BCUT2D eigenvalue weighted by molar-refractivity contribution is 0.0572. The fourth-order valence-corrected chi connectivity index (χ4v) is 3.70. The van der Waals surface area contributed by atoms with E-state index in [2.05, 4.69) is 55.4 Å². The molecular formula is C24H50O3. The third kappa shape index (κ3) is 22.0. The molecule has 0 aromatic heterocycles. The summed E-state index contributed by atoms with van der Waals surface area (Å²) in [6.07, 6.45) is 6.80.